The molecule has 1 unspecified atom stereocenters. The molecule has 4 aromatic rings. The Hall–Kier alpha value is -3.41. The molecule has 6 heteroatoms. The van der Waals surface area contributed by atoms with Crippen LogP contribution in [0.3, 0.4) is 0 Å². The van der Waals surface area contributed by atoms with Crippen molar-refractivity contribution in [2.24, 2.45) is 18.9 Å². The third kappa shape index (κ3) is 5.59. The number of methoxy groups -OCH3 is 1. The minimum Gasteiger partial charge on any atom is -0.493 e. The maximum atomic E-state index is 13.5. The van der Waals surface area contributed by atoms with Crippen LogP contribution in [0.5, 0.6) is 11.5 Å². The molecule has 1 aliphatic carbocycles. The van der Waals surface area contributed by atoms with Crippen LogP contribution in [0.15, 0.2) is 72.9 Å². The Morgan fingerprint density at radius 1 is 0.975 bits per heavy atom. The van der Waals surface area contributed by atoms with Gasteiger partial charge in [0.2, 0.25) is 5.52 Å². The van der Waals surface area contributed by atoms with Crippen LogP contribution in [0, 0.1) is 11.8 Å². The van der Waals surface area contributed by atoms with E-state index in [0.29, 0.717) is 24.0 Å². The highest BCUT2D eigenvalue weighted by molar-refractivity contribution is 6.35. The molecule has 2 heterocycles. The number of likely N-dealkylation sites (tertiary alicyclic amines) is 1. The number of hydrogen-bond acceptors (Lipinski definition) is 3. The molecule has 1 atom stereocenters. The van der Waals surface area contributed by atoms with Gasteiger partial charge in [0.1, 0.15) is 20.2 Å². The smallest absolute Gasteiger partial charge is 0.214 e. The zero-order valence-electron chi connectivity index (χ0n) is 23.3. The average Bonchev–Trinajstić information content (AvgIpc) is 3.28. The van der Waals surface area contributed by atoms with E-state index >= 15 is 0 Å². The van der Waals surface area contributed by atoms with Gasteiger partial charge in [-0.05, 0) is 60.9 Å². The molecular weight excluding hydrogens is 520 g/mol. The highest BCUT2D eigenvalue weighted by Crippen LogP contribution is 2.39. The van der Waals surface area contributed by atoms with Crippen molar-refractivity contribution in [3.63, 3.8) is 0 Å². The number of quaternary nitrogens is 1. The molecule has 6 rings (SSSR count). The van der Waals surface area contributed by atoms with Gasteiger partial charge in [-0.2, -0.15) is 0 Å². The number of pyridine rings is 1. The summed E-state index contributed by atoms with van der Waals surface area (Å²) >= 11 is 6.38. The molecule has 3 aromatic carbocycles. The average molecular weight is 557 g/mol. The van der Waals surface area contributed by atoms with Crippen molar-refractivity contribution in [1.82, 2.24) is 0 Å². The third-order valence-corrected chi connectivity index (χ3v) is 9.09. The van der Waals surface area contributed by atoms with Crippen LogP contribution in [0.1, 0.15) is 46.3 Å². The zero-order valence-corrected chi connectivity index (χ0v) is 24.0. The van der Waals surface area contributed by atoms with Gasteiger partial charge >= 0.3 is 0 Å². The second-order valence-corrected chi connectivity index (χ2v) is 11.8. The van der Waals surface area contributed by atoms with E-state index in [2.05, 4.69) is 36.4 Å². The van der Waals surface area contributed by atoms with E-state index in [4.69, 9.17) is 21.1 Å². The van der Waals surface area contributed by atoms with Gasteiger partial charge in [0.15, 0.2) is 23.5 Å². The van der Waals surface area contributed by atoms with Crippen molar-refractivity contribution in [1.29, 1.82) is 0 Å². The molecule has 0 bridgehead atoms. The fraction of sp³-hybridized carbons (Fsp3) is 0.353. The Labute approximate surface area is 241 Å². The number of hydrogen-bond donors (Lipinski definition) is 1. The van der Waals surface area contributed by atoms with Crippen LogP contribution in [0.4, 0.5) is 0 Å². The van der Waals surface area contributed by atoms with E-state index in [1.165, 1.54) is 31.5 Å². The molecule has 206 valence electrons. The summed E-state index contributed by atoms with van der Waals surface area (Å²) < 4.78 is 14.0. The molecule has 1 N–H and O–H groups in total. The van der Waals surface area contributed by atoms with Crippen molar-refractivity contribution >= 4 is 28.3 Å². The first-order valence-electron chi connectivity index (χ1n) is 14.3. The summed E-state index contributed by atoms with van der Waals surface area (Å²) in [5, 5.41) is 1.73. The van der Waals surface area contributed by atoms with Crippen LogP contribution in [-0.4, -0.2) is 26.0 Å². The van der Waals surface area contributed by atoms with Gasteiger partial charge in [-0.3, -0.25) is 4.79 Å². The van der Waals surface area contributed by atoms with Gasteiger partial charge < -0.3 is 14.4 Å². The highest BCUT2D eigenvalue weighted by atomic mass is 35.5. The number of nitrogens with one attached hydrogen (secondary N) is 1. The Morgan fingerprint density at radius 3 is 2.55 bits per heavy atom. The molecule has 1 saturated heterocycles. The summed E-state index contributed by atoms with van der Waals surface area (Å²) in [6.45, 7) is 3.82. The lowest BCUT2D eigenvalue weighted by Crippen LogP contribution is -3.11. The van der Waals surface area contributed by atoms with Gasteiger partial charge in [-0.25, -0.2) is 4.57 Å². The molecule has 0 radical (unpaired) electrons. The summed E-state index contributed by atoms with van der Waals surface area (Å²) in [6.07, 6.45) is 6.10. The van der Waals surface area contributed by atoms with Crippen LogP contribution in [0.2, 0.25) is 5.02 Å². The number of aromatic nitrogens is 1. The first-order valence-corrected chi connectivity index (χ1v) is 14.7. The van der Waals surface area contributed by atoms with Crippen molar-refractivity contribution < 1.29 is 23.7 Å². The molecule has 1 aliphatic heterocycles. The molecule has 0 amide bonds. The first kappa shape index (κ1) is 26.8. The Balaban J connectivity index is 1.09. The molecule has 1 aromatic heterocycles. The van der Waals surface area contributed by atoms with Gasteiger partial charge in [0.25, 0.3) is 0 Å². The summed E-state index contributed by atoms with van der Waals surface area (Å²) in [5.74, 6) is 2.22. The van der Waals surface area contributed by atoms with Crippen molar-refractivity contribution in [2.75, 3.05) is 20.2 Å². The Bertz CT molecular complexity index is 1530. The number of rotatable bonds is 8. The van der Waals surface area contributed by atoms with E-state index < -0.39 is 0 Å². The normalized spacial score (nSPS) is 20.5. The number of carbonyl (C=O) groups is 1. The second-order valence-electron chi connectivity index (χ2n) is 11.4. The van der Waals surface area contributed by atoms with Gasteiger partial charge in [0.05, 0.1) is 30.6 Å². The van der Waals surface area contributed by atoms with Crippen LogP contribution >= 0.6 is 11.6 Å². The minimum absolute atomic E-state index is 0.0564. The molecule has 0 saturated carbocycles. The standard InChI is InChI=1S/C34H36ClN2O3/c1-36-13-12-30(35)28-9-8-25(17-31(28)36)22-40-33-20-29-26(19-32(33)39-2)18-27(34(29)38)16-23-10-14-37(15-11-23)21-24-6-4-3-5-7-24/h3-9,12-13,17,19-20,23,27H,10-11,14-16,18,21-22H2,1-2H3/q+1/p+1. The second kappa shape index (κ2) is 11.6. The molecule has 5 nitrogen and oxygen atoms in total. The predicted octanol–water partition coefficient (Wildman–Crippen LogP) is 5.15. The molecular formula is C34H37ClN2O3+2. The SMILES string of the molecule is COc1cc2c(cc1OCc1ccc3c(Cl)cc[n+](C)c3c1)C(=O)C(CC1CC[NH+](Cc3ccccc3)CC1)C2. The fourth-order valence-electron chi connectivity index (χ4n) is 6.50. The zero-order chi connectivity index (χ0) is 27.6. The maximum Gasteiger partial charge on any atom is 0.214 e. The summed E-state index contributed by atoms with van der Waals surface area (Å²) in [5.41, 5.74) is 5.35. The number of carbonyl (C=O) groups excluding carboxylic acids is 1. The molecule has 40 heavy (non-hydrogen) atoms. The maximum absolute atomic E-state index is 13.5. The molecule has 0 spiro atoms. The number of ketones is 1. The van der Waals surface area contributed by atoms with E-state index in [9.17, 15) is 4.79 Å². The number of Topliss-reactive ketones (excluding diaryl/α,β-unsaturated/α-hetero) is 1. The first-order chi connectivity index (χ1) is 19.5. The summed E-state index contributed by atoms with van der Waals surface area (Å²) in [4.78, 5) is 15.2. The lowest BCUT2D eigenvalue weighted by atomic mass is 9.85. The minimum atomic E-state index is 0.0564. The fourth-order valence-corrected chi connectivity index (χ4v) is 6.71. The lowest BCUT2D eigenvalue weighted by Gasteiger charge is -2.30. The van der Waals surface area contributed by atoms with Crippen molar-refractivity contribution in [3.8, 4) is 11.5 Å². The number of ether oxygens (including phenoxy) is 2. The monoisotopic (exact) mass is 556 g/mol. The van der Waals surface area contributed by atoms with E-state index in [1.54, 1.807) is 12.0 Å². The highest BCUT2D eigenvalue weighted by Gasteiger charge is 2.35. The number of halogens is 1. The van der Waals surface area contributed by atoms with E-state index in [-0.39, 0.29) is 11.7 Å². The quantitative estimate of drug-likeness (QED) is 0.305. The van der Waals surface area contributed by atoms with Crippen LogP contribution in [0.25, 0.3) is 10.9 Å². The largest absolute Gasteiger partial charge is 0.493 e. The topological polar surface area (TPSA) is 43.8 Å². The number of aryl methyl sites for hydroxylation is 1. The number of piperidine rings is 1. The molecule has 2 aliphatic rings. The summed E-state index contributed by atoms with van der Waals surface area (Å²) in [6, 6.07) is 22.7. The third-order valence-electron chi connectivity index (χ3n) is 8.76. The van der Waals surface area contributed by atoms with E-state index in [0.717, 1.165) is 52.0 Å². The predicted molar refractivity (Wildman–Crippen MR) is 157 cm³/mol. The molecule has 1 fully saturated rings. The summed E-state index contributed by atoms with van der Waals surface area (Å²) in [7, 11) is 3.66. The number of benzene rings is 3. The lowest BCUT2D eigenvalue weighted by molar-refractivity contribution is -0.919. The van der Waals surface area contributed by atoms with Gasteiger partial charge in [-0.1, -0.05) is 48.0 Å². The van der Waals surface area contributed by atoms with Crippen molar-refractivity contribution in [3.05, 3.63) is 100 Å². The Morgan fingerprint density at radius 2 is 1.77 bits per heavy atom. The van der Waals surface area contributed by atoms with E-state index in [1.807, 2.05) is 48.1 Å². The Kier molecular flexibility index (Phi) is 7.77. The number of nitrogens with zero attached hydrogens (tertiary/aromatic N) is 1. The van der Waals surface area contributed by atoms with Crippen LogP contribution < -0.4 is 18.9 Å². The van der Waals surface area contributed by atoms with Crippen LogP contribution in [-0.2, 0) is 26.6 Å². The number of fused-ring (bicyclic) bond motifs is 2. The van der Waals surface area contributed by atoms with Crippen molar-refractivity contribution in [2.45, 2.75) is 38.8 Å². The van der Waals surface area contributed by atoms with Gasteiger partial charge in [0, 0.05) is 29.2 Å². The van der Waals surface area contributed by atoms with Gasteiger partial charge in [-0.15, -0.1) is 0 Å².